The summed E-state index contributed by atoms with van der Waals surface area (Å²) in [5.74, 6) is 0.350. The van der Waals surface area contributed by atoms with Crippen LogP contribution in [0.5, 0.6) is 0 Å². The molecule has 2 rings (SSSR count). The Labute approximate surface area is 116 Å². The van der Waals surface area contributed by atoms with Crippen molar-refractivity contribution in [2.24, 2.45) is 0 Å². The first-order valence-corrected chi connectivity index (χ1v) is 7.92. The minimum absolute atomic E-state index is 0.204. The molecule has 1 aromatic heterocycles. The summed E-state index contributed by atoms with van der Waals surface area (Å²) < 4.78 is 43.4. The van der Waals surface area contributed by atoms with Gasteiger partial charge in [0.2, 0.25) is 15.9 Å². The molecule has 0 saturated heterocycles. The van der Waals surface area contributed by atoms with E-state index in [0.29, 0.717) is 17.9 Å². The largest absolute Gasteiger partial charge is 0.441 e. The molecule has 0 aliphatic carbocycles. The summed E-state index contributed by atoms with van der Waals surface area (Å²) in [6.07, 6.45) is 1.48. The minimum Gasteiger partial charge on any atom is -0.441 e. The van der Waals surface area contributed by atoms with Crippen molar-refractivity contribution in [1.29, 1.82) is 0 Å². The van der Waals surface area contributed by atoms with E-state index >= 15 is 0 Å². The summed E-state index contributed by atoms with van der Waals surface area (Å²) in [5, 5.41) is 0. The Hall–Kier alpha value is -1.73. The van der Waals surface area contributed by atoms with Crippen molar-refractivity contribution in [1.82, 2.24) is 9.71 Å². The molecule has 1 heterocycles. The van der Waals surface area contributed by atoms with Gasteiger partial charge in [-0.25, -0.2) is 22.5 Å². The quantitative estimate of drug-likeness (QED) is 0.915. The van der Waals surface area contributed by atoms with Crippen LogP contribution < -0.4 is 4.72 Å². The van der Waals surface area contributed by atoms with Crippen LogP contribution in [0.4, 0.5) is 4.39 Å². The maximum atomic E-state index is 13.6. The Morgan fingerprint density at radius 2 is 2.05 bits per heavy atom. The lowest BCUT2D eigenvalue weighted by Crippen LogP contribution is -2.24. The van der Waals surface area contributed by atoms with E-state index in [-0.39, 0.29) is 18.0 Å². The van der Waals surface area contributed by atoms with Crippen LogP contribution in [-0.2, 0) is 16.4 Å². The highest BCUT2D eigenvalue weighted by molar-refractivity contribution is 7.88. The van der Waals surface area contributed by atoms with Gasteiger partial charge in [0.15, 0.2) is 0 Å². The monoisotopic (exact) mass is 298 g/mol. The lowest BCUT2D eigenvalue weighted by molar-refractivity contribution is 0.531. The lowest BCUT2D eigenvalue weighted by Gasteiger charge is -1.99. The first-order valence-electron chi connectivity index (χ1n) is 6.02. The Balaban J connectivity index is 2.16. The third-order valence-electron chi connectivity index (χ3n) is 2.72. The van der Waals surface area contributed by atoms with Crippen molar-refractivity contribution in [3.05, 3.63) is 41.5 Å². The Morgan fingerprint density at radius 3 is 2.70 bits per heavy atom. The van der Waals surface area contributed by atoms with Crippen LogP contribution in [0.2, 0.25) is 0 Å². The summed E-state index contributed by atoms with van der Waals surface area (Å²) in [4.78, 5) is 4.22. The molecule has 0 amide bonds. The Morgan fingerprint density at radius 1 is 1.35 bits per heavy atom. The van der Waals surface area contributed by atoms with E-state index in [4.69, 9.17) is 4.42 Å². The normalized spacial score (nSPS) is 11.8. The molecule has 0 fully saturated rings. The van der Waals surface area contributed by atoms with Crippen molar-refractivity contribution >= 4 is 10.0 Å². The molecular weight excluding hydrogens is 283 g/mol. The van der Waals surface area contributed by atoms with Crippen LogP contribution in [0.25, 0.3) is 11.5 Å². The fraction of sp³-hybridized carbons (Fsp3) is 0.308. The van der Waals surface area contributed by atoms with Crippen molar-refractivity contribution in [2.75, 3.05) is 12.8 Å². The average Bonchev–Trinajstić information content (AvgIpc) is 2.70. The van der Waals surface area contributed by atoms with Gasteiger partial charge in [0.1, 0.15) is 11.6 Å². The smallest absolute Gasteiger partial charge is 0.229 e. The number of aromatic nitrogens is 1. The van der Waals surface area contributed by atoms with Crippen molar-refractivity contribution in [3.8, 4) is 11.5 Å². The standard InChI is InChI=1S/C13H15FN2O3S/c1-9-12(7-8-15-20(2,17)18)16-13(19-9)10-5-3-4-6-11(10)14/h3-6,15H,7-8H2,1-2H3. The lowest BCUT2D eigenvalue weighted by atomic mass is 10.2. The number of nitrogens with zero attached hydrogens (tertiary/aromatic N) is 1. The van der Waals surface area contributed by atoms with Gasteiger partial charge in [-0.15, -0.1) is 0 Å². The first-order chi connectivity index (χ1) is 9.37. The number of aryl methyl sites for hydroxylation is 1. The van der Waals surface area contributed by atoms with Gasteiger partial charge in [0, 0.05) is 13.0 Å². The molecule has 0 aliphatic rings. The molecular formula is C13H15FN2O3S. The fourth-order valence-electron chi connectivity index (χ4n) is 1.76. The van der Waals surface area contributed by atoms with E-state index in [2.05, 4.69) is 9.71 Å². The zero-order valence-corrected chi connectivity index (χ0v) is 12.0. The highest BCUT2D eigenvalue weighted by atomic mass is 32.2. The van der Waals surface area contributed by atoms with Gasteiger partial charge in [0.05, 0.1) is 17.5 Å². The number of rotatable bonds is 5. The molecule has 0 saturated carbocycles. The van der Waals surface area contributed by atoms with Crippen molar-refractivity contribution < 1.29 is 17.2 Å². The van der Waals surface area contributed by atoms with Crippen LogP contribution in [-0.4, -0.2) is 26.2 Å². The summed E-state index contributed by atoms with van der Waals surface area (Å²) in [6, 6.07) is 6.20. The molecule has 1 aromatic carbocycles. The van der Waals surface area contributed by atoms with Gasteiger partial charge in [-0.05, 0) is 19.1 Å². The van der Waals surface area contributed by atoms with Crippen LogP contribution in [0.1, 0.15) is 11.5 Å². The minimum atomic E-state index is -3.23. The summed E-state index contributed by atoms with van der Waals surface area (Å²) in [5.41, 5.74) is 0.900. The second-order valence-electron chi connectivity index (χ2n) is 4.42. The number of hydrogen-bond donors (Lipinski definition) is 1. The number of sulfonamides is 1. The molecule has 108 valence electrons. The zero-order chi connectivity index (χ0) is 14.8. The fourth-order valence-corrected chi connectivity index (χ4v) is 2.24. The SMILES string of the molecule is Cc1oc(-c2ccccc2F)nc1CCNS(C)(=O)=O. The van der Waals surface area contributed by atoms with Crippen LogP contribution in [0, 0.1) is 12.7 Å². The molecule has 0 radical (unpaired) electrons. The van der Waals surface area contributed by atoms with E-state index in [1.54, 1.807) is 25.1 Å². The van der Waals surface area contributed by atoms with Crippen molar-refractivity contribution in [2.45, 2.75) is 13.3 Å². The number of hydrogen-bond acceptors (Lipinski definition) is 4. The second kappa shape index (κ2) is 5.72. The highest BCUT2D eigenvalue weighted by Crippen LogP contribution is 2.24. The maximum Gasteiger partial charge on any atom is 0.229 e. The second-order valence-corrected chi connectivity index (χ2v) is 6.25. The van der Waals surface area contributed by atoms with E-state index in [1.165, 1.54) is 6.07 Å². The zero-order valence-electron chi connectivity index (χ0n) is 11.2. The third-order valence-corrected chi connectivity index (χ3v) is 3.45. The third kappa shape index (κ3) is 3.64. The Bertz CT molecular complexity index is 710. The first kappa shape index (κ1) is 14.7. The molecule has 0 unspecified atom stereocenters. The molecule has 0 aliphatic heterocycles. The number of oxazole rings is 1. The predicted molar refractivity (Wildman–Crippen MR) is 73.2 cm³/mol. The molecule has 7 heteroatoms. The summed E-state index contributed by atoms with van der Waals surface area (Å²) in [6.45, 7) is 1.94. The van der Waals surface area contributed by atoms with Gasteiger partial charge >= 0.3 is 0 Å². The highest BCUT2D eigenvalue weighted by Gasteiger charge is 2.14. The molecule has 0 atom stereocenters. The van der Waals surface area contributed by atoms with Gasteiger partial charge in [-0.1, -0.05) is 12.1 Å². The predicted octanol–water partition coefficient (Wildman–Crippen LogP) is 1.88. The molecule has 0 bridgehead atoms. The van der Waals surface area contributed by atoms with Crippen LogP contribution >= 0.6 is 0 Å². The molecule has 20 heavy (non-hydrogen) atoms. The molecule has 5 nitrogen and oxygen atoms in total. The van der Waals surface area contributed by atoms with Gasteiger partial charge in [-0.3, -0.25) is 0 Å². The maximum absolute atomic E-state index is 13.6. The van der Waals surface area contributed by atoms with E-state index in [9.17, 15) is 12.8 Å². The van der Waals surface area contributed by atoms with Crippen LogP contribution in [0.15, 0.2) is 28.7 Å². The van der Waals surface area contributed by atoms with Gasteiger partial charge < -0.3 is 4.42 Å². The average molecular weight is 298 g/mol. The van der Waals surface area contributed by atoms with Gasteiger partial charge in [-0.2, -0.15) is 0 Å². The number of halogens is 1. The van der Waals surface area contributed by atoms with E-state index in [0.717, 1.165) is 6.26 Å². The molecule has 1 N–H and O–H groups in total. The molecule has 2 aromatic rings. The van der Waals surface area contributed by atoms with Crippen LogP contribution in [0.3, 0.4) is 0 Å². The molecule has 0 spiro atoms. The van der Waals surface area contributed by atoms with E-state index in [1.807, 2.05) is 0 Å². The Kier molecular flexibility index (Phi) is 4.20. The number of benzene rings is 1. The topological polar surface area (TPSA) is 72.2 Å². The number of nitrogens with one attached hydrogen (secondary N) is 1. The summed E-state index contributed by atoms with van der Waals surface area (Å²) in [7, 11) is -3.23. The van der Waals surface area contributed by atoms with Gasteiger partial charge in [0.25, 0.3) is 0 Å². The van der Waals surface area contributed by atoms with Crippen molar-refractivity contribution in [3.63, 3.8) is 0 Å². The van der Waals surface area contributed by atoms with E-state index < -0.39 is 15.8 Å². The summed E-state index contributed by atoms with van der Waals surface area (Å²) >= 11 is 0.